The molecule has 0 radical (unpaired) electrons. The Bertz CT molecular complexity index is 524. The Balaban J connectivity index is 2.38. The number of ketones is 1. The van der Waals surface area contributed by atoms with E-state index in [4.69, 9.17) is 9.84 Å². The second-order valence-corrected chi connectivity index (χ2v) is 4.87. The molecule has 0 fully saturated rings. The fraction of sp³-hybridized carbons (Fsp3) is 0.438. The standard InChI is InChI=1S/C16H21NO5/c1-3-13(16(20)21)17-15(19)6-4-5-14(18)11-7-9-12(22-2)10-8-11/h7-10,13H,3-6H2,1-2H3,(H,17,19)(H,20,21). The van der Waals surface area contributed by atoms with Crippen LogP contribution in [0.2, 0.25) is 0 Å². The molecule has 1 amide bonds. The Kier molecular flexibility index (Phi) is 7.08. The third-order valence-electron chi connectivity index (χ3n) is 3.26. The summed E-state index contributed by atoms with van der Waals surface area (Å²) in [5, 5.41) is 11.3. The summed E-state index contributed by atoms with van der Waals surface area (Å²) in [4.78, 5) is 34.4. The van der Waals surface area contributed by atoms with Gasteiger partial charge in [-0.25, -0.2) is 4.79 Å². The van der Waals surface area contributed by atoms with Crippen LogP contribution in [0.1, 0.15) is 43.0 Å². The number of methoxy groups -OCH3 is 1. The third-order valence-corrected chi connectivity index (χ3v) is 3.26. The van der Waals surface area contributed by atoms with E-state index in [1.165, 1.54) is 0 Å². The molecule has 0 saturated carbocycles. The van der Waals surface area contributed by atoms with E-state index in [1.54, 1.807) is 38.3 Å². The molecule has 6 nitrogen and oxygen atoms in total. The first kappa shape index (κ1) is 17.7. The van der Waals surface area contributed by atoms with Gasteiger partial charge in [0.15, 0.2) is 5.78 Å². The van der Waals surface area contributed by atoms with Crippen LogP contribution in [0, 0.1) is 0 Å². The molecule has 0 saturated heterocycles. The molecule has 0 spiro atoms. The molecule has 0 heterocycles. The molecule has 0 aliphatic carbocycles. The van der Waals surface area contributed by atoms with E-state index in [-0.39, 0.29) is 24.5 Å². The summed E-state index contributed by atoms with van der Waals surface area (Å²) < 4.78 is 5.02. The summed E-state index contributed by atoms with van der Waals surface area (Å²) in [5.74, 6) is -0.780. The van der Waals surface area contributed by atoms with Crippen molar-refractivity contribution in [3.63, 3.8) is 0 Å². The Morgan fingerprint density at radius 2 is 1.82 bits per heavy atom. The average molecular weight is 307 g/mol. The largest absolute Gasteiger partial charge is 0.497 e. The van der Waals surface area contributed by atoms with E-state index in [2.05, 4.69) is 5.32 Å². The number of carboxylic acids is 1. The summed E-state index contributed by atoms with van der Waals surface area (Å²) in [6, 6.07) is 5.90. The molecule has 0 bridgehead atoms. The van der Waals surface area contributed by atoms with Crippen LogP contribution in [0.5, 0.6) is 5.75 Å². The lowest BCUT2D eigenvalue weighted by molar-refractivity contribution is -0.141. The number of nitrogens with one attached hydrogen (secondary N) is 1. The van der Waals surface area contributed by atoms with Gasteiger partial charge in [0, 0.05) is 18.4 Å². The number of hydrogen-bond donors (Lipinski definition) is 2. The summed E-state index contributed by atoms with van der Waals surface area (Å²) in [7, 11) is 1.55. The van der Waals surface area contributed by atoms with E-state index in [1.807, 2.05) is 0 Å². The highest BCUT2D eigenvalue weighted by Gasteiger charge is 2.17. The van der Waals surface area contributed by atoms with Crippen LogP contribution in [-0.4, -0.2) is 35.9 Å². The third kappa shape index (κ3) is 5.55. The van der Waals surface area contributed by atoms with Crippen LogP contribution in [0.15, 0.2) is 24.3 Å². The Labute approximate surface area is 129 Å². The fourth-order valence-corrected chi connectivity index (χ4v) is 1.94. The van der Waals surface area contributed by atoms with E-state index in [0.29, 0.717) is 24.2 Å². The number of Topliss-reactive ketones (excluding diaryl/α,β-unsaturated/α-hetero) is 1. The zero-order chi connectivity index (χ0) is 16.5. The number of carbonyl (C=O) groups is 3. The monoisotopic (exact) mass is 307 g/mol. The molecule has 1 aromatic rings. The number of aliphatic carboxylic acids is 1. The minimum absolute atomic E-state index is 0.0549. The maximum Gasteiger partial charge on any atom is 0.326 e. The van der Waals surface area contributed by atoms with Gasteiger partial charge in [-0.1, -0.05) is 6.92 Å². The quantitative estimate of drug-likeness (QED) is 0.681. The first-order valence-corrected chi connectivity index (χ1v) is 7.17. The number of benzene rings is 1. The molecule has 120 valence electrons. The van der Waals surface area contributed by atoms with Crippen LogP contribution in [-0.2, 0) is 9.59 Å². The van der Waals surface area contributed by atoms with Crippen LogP contribution < -0.4 is 10.1 Å². The predicted molar refractivity (Wildman–Crippen MR) is 81.0 cm³/mol. The summed E-state index contributed by atoms with van der Waals surface area (Å²) in [5.41, 5.74) is 0.568. The van der Waals surface area contributed by atoms with E-state index >= 15 is 0 Å². The fourth-order valence-electron chi connectivity index (χ4n) is 1.94. The van der Waals surface area contributed by atoms with Crippen molar-refractivity contribution in [2.24, 2.45) is 0 Å². The number of carboxylic acid groups (broad SMARTS) is 1. The van der Waals surface area contributed by atoms with Crippen molar-refractivity contribution in [1.29, 1.82) is 0 Å². The first-order valence-electron chi connectivity index (χ1n) is 7.17. The molecule has 1 atom stereocenters. The number of carbonyl (C=O) groups excluding carboxylic acids is 2. The number of rotatable bonds is 9. The van der Waals surface area contributed by atoms with E-state index < -0.39 is 12.0 Å². The molecule has 0 aliphatic heterocycles. The minimum atomic E-state index is -1.05. The SMILES string of the molecule is CCC(NC(=O)CCCC(=O)c1ccc(OC)cc1)C(=O)O. The van der Waals surface area contributed by atoms with E-state index in [0.717, 1.165) is 0 Å². The van der Waals surface area contributed by atoms with Gasteiger partial charge in [-0.15, -0.1) is 0 Å². The lowest BCUT2D eigenvalue weighted by Crippen LogP contribution is -2.40. The molecular formula is C16H21NO5. The number of amides is 1. The molecule has 22 heavy (non-hydrogen) atoms. The van der Waals surface area contributed by atoms with Crippen molar-refractivity contribution in [1.82, 2.24) is 5.32 Å². The maximum absolute atomic E-state index is 11.9. The van der Waals surface area contributed by atoms with Gasteiger partial charge < -0.3 is 15.2 Å². The normalized spacial score (nSPS) is 11.5. The Morgan fingerprint density at radius 1 is 1.18 bits per heavy atom. The predicted octanol–water partition coefficient (Wildman–Crippen LogP) is 2.03. The van der Waals surface area contributed by atoms with Gasteiger partial charge in [-0.05, 0) is 37.1 Å². The minimum Gasteiger partial charge on any atom is -0.497 e. The van der Waals surface area contributed by atoms with Gasteiger partial charge in [-0.3, -0.25) is 9.59 Å². The molecular weight excluding hydrogens is 286 g/mol. The molecule has 1 unspecified atom stereocenters. The topological polar surface area (TPSA) is 92.7 Å². The molecule has 1 aromatic carbocycles. The van der Waals surface area contributed by atoms with Crippen LogP contribution in [0.25, 0.3) is 0 Å². The highest BCUT2D eigenvalue weighted by atomic mass is 16.5. The summed E-state index contributed by atoms with van der Waals surface area (Å²) >= 11 is 0. The molecule has 2 N–H and O–H groups in total. The van der Waals surface area contributed by atoms with E-state index in [9.17, 15) is 14.4 Å². The average Bonchev–Trinajstić information content (AvgIpc) is 2.52. The van der Waals surface area contributed by atoms with Gasteiger partial charge >= 0.3 is 5.97 Å². The second-order valence-electron chi connectivity index (χ2n) is 4.87. The van der Waals surface area contributed by atoms with Crippen molar-refractivity contribution in [2.45, 2.75) is 38.6 Å². The Hall–Kier alpha value is -2.37. The smallest absolute Gasteiger partial charge is 0.326 e. The van der Waals surface area contributed by atoms with Gasteiger partial charge in [0.05, 0.1) is 7.11 Å². The van der Waals surface area contributed by atoms with Gasteiger partial charge in [0.25, 0.3) is 0 Å². The highest BCUT2D eigenvalue weighted by Crippen LogP contribution is 2.13. The second kappa shape index (κ2) is 8.81. The van der Waals surface area contributed by atoms with Crippen molar-refractivity contribution in [2.75, 3.05) is 7.11 Å². The van der Waals surface area contributed by atoms with Crippen LogP contribution in [0.3, 0.4) is 0 Å². The zero-order valence-electron chi connectivity index (χ0n) is 12.8. The summed E-state index contributed by atoms with van der Waals surface area (Å²) in [6.07, 6.45) is 1.08. The van der Waals surface area contributed by atoms with Gasteiger partial charge in [-0.2, -0.15) is 0 Å². The van der Waals surface area contributed by atoms with Crippen LogP contribution in [0.4, 0.5) is 0 Å². The highest BCUT2D eigenvalue weighted by molar-refractivity contribution is 5.96. The zero-order valence-corrected chi connectivity index (χ0v) is 12.8. The lowest BCUT2D eigenvalue weighted by Gasteiger charge is -2.11. The van der Waals surface area contributed by atoms with Crippen molar-refractivity contribution in [3.05, 3.63) is 29.8 Å². The molecule has 1 rings (SSSR count). The maximum atomic E-state index is 11.9. The van der Waals surface area contributed by atoms with Crippen molar-refractivity contribution < 1.29 is 24.2 Å². The van der Waals surface area contributed by atoms with Crippen molar-refractivity contribution in [3.8, 4) is 5.75 Å². The number of ether oxygens (including phenoxy) is 1. The van der Waals surface area contributed by atoms with Gasteiger partial charge in [0.2, 0.25) is 5.91 Å². The lowest BCUT2D eigenvalue weighted by atomic mass is 10.1. The molecule has 0 aromatic heterocycles. The Morgan fingerprint density at radius 3 is 2.32 bits per heavy atom. The van der Waals surface area contributed by atoms with Gasteiger partial charge in [0.1, 0.15) is 11.8 Å². The first-order chi connectivity index (χ1) is 10.5. The van der Waals surface area contributed by atoms with Crippen LogP contribution >= 0.6 is 0 Å². The van der Waals surface area contributed by atoms with Crippen molar-refractivity contribution >= 4 is 17.7 Å². The summed E-state index contributed by atoms with van der Waals surface area (Å²) in [6.45, 7) is 1.69. The number of hydrogen-bond acceptors (Lipinski definition) is 4. The molecule has 6 heteroatoms. The molecule has 0 aliphatic rings.